The third kappa shape index (κ3) is 3.82. The van der Waals surface area contributed by atoms with Gasteiger partial charge in [0.25, 0.3) is 5.91 Å². The molecule has 148 valence electrons. The van der Waals surface area contributed by atoms with Crippen molar-refractivity contribution in [3.63, 3.8) is 0 Å². The van der Waals surface area contributed by atoms with Crippen molar-refractivity contribution in [1.29, 1.82) is 0 Å². The van der Waals surface area contributed by atoms with Crippen LogP contribution in [-0.4, -0.2) is 25.5 Å². The maximum atomic E-state index is 14.2. The number of furan rings is 1. The van der Waals surface area contributed by atoms with Crippen LogP contribution in [0.5, 0.6) is 0 Å². The molecule has 0 saturated carbocycles. The number of carbonyl (C=O) groups excluding carboxylic acids is 1. The van der Waals surface area contributed by atoms with Gasteiger partial charge in [-0.25, -0.2) is 9.07 Å². The summed E-state index contributed by atoms with van der Waals surface area (Å²) in [5, 5.41) is 11.4. The quantitative estimate of drug-likeness (QED) is 0.555. The fourth-order valence-electron chi connectivity index (χ4n) is 3.14. The number of aryl methyl sites for hydroxylation is 3. The number of carbonyl (C=O) groups is 1. The van der Waals surface area contributed by atoms with Gasteiger partial charge in [-0.3, -0.25) is 9.48 Å². The van der Waals surface area contributed by atoms with Crippen LogP contribution >= 0.6 is 0 Å². The first-order chi connectivity index (χ1) is 13.9. The fraction of sp³-hybridized carbons (Fsp3) is 0.190. The number of hydrogen-bond donors (Lipinski definition) is 1. The van der Waals surface area contributed by atoms with Crippen LogP contribution < -0.4 is 5.32 Å². The van der Waals surface area contributed by atoms with Gasteiger partial charge in [-0.2, -0.15) is 10.2 Å². The molecule has 4 rings (SSSR count). The van der Waals surface area contributed by atoms with Crippen molar-refractivity contribution in [1.82, 2.24) is 19.6 Å². The lowest BCUT2D eigenvalue weighted by atomic mass is 10.3. The molecule has 0 atom stereocenters. The zero-order valence-corrected chi connectivity index (χ0v) is 16.3. The van der Waals surface area contributed by atoms with Gasteiger partial charge in [-0.15, -0.1) is 0 Å². The van der Waals surface area contributed by atoms with E-state index in [9.17, 15) is 9.18 Å². The highest BCUT2D eigenvalue weighted by molar-refractivity contribution is 6.02. The van der Waals surface area contributed by atoms with Crippen molar-refractivity contribution in [2.24, 2.45) is 0 Å². The second-order valence-corrected chi connectivity index (χ2v) is 6.84. The third-order valence-electron chi connectivity index (χ3n) is 4.45. The van der Waals surface area contributed by atoms with Crippen LogP contribution in [0.25, 0.3) is 5.69 Å². The van der Waals surface area contributed by atoms with Crippen LogP contribution in [0.2, 0.25) is 0 Å². The molecule has 0 bridgehead atoms. The van der Waals surface area contributed by atoms with Gasteiger partial charge >= 0.3 is 0 Å². The molecule has 1 amide bonds. The third-order valence-corrected chi connectivity index (χ3v) is 4.45. The number of hydrogen-bond acceptors (Lipinski definition) is 4. The van der Waals surface area contributed by atoms with Crippen molar-refractivity contribution in [2.45, 2.75) is 27.3 Å². The van der Waals surface area contributed by atoms with Crippen molar-refractivity contribution < 1.29 is 13.6 Å². The molecule has 0 unspecified atom stereocenters. The highest BCUT2D eigenvalue weighted by atomic mass is 19.1. The van der Waals surface area contributed by atoms with Crippen molar-refractivity contribution in [3.05, 3.63) is 83.0 Å². The molecule has 0 fully saturated rings. The molecule has 3 heterocycles. The van der Waals surface area contributed by atoms with Crippen LogP contribution in [0.15, 0.2) is 52.9 Å². The van der Waals surface area contributed by atoms with Gasteiger partial charge in [0.15, 0.2) is 5.76 Å². The van der Waals surface area contributed by atoms with Crippen LogP contribution in [0.1, 0.15) is 33.4 Å². The predicted molar refractivity (Wildman–Crippen MR) is 106 cm³/mol. The summed E-state index contributed by atoms with van der Waals surface area (Å²) >= 11 is 0. The Morgan fingerprint density at radius 2 is 1.83 bits per heavy atom. The molecule has 7 nitrogen and oxygen atoms in total. The molecule has 8 heteroatoms. The molecular weight excluding hydrogens is 373 g/mol. The van der Waals surface area contributed by atoms with Crippen LogP contribution in [0.4, 0.5) is 10.2 Å². The standard InChI is InChI=1S/C21H20FN5O2/c1-13-10-15(3)26(24-13)12-16-8-9-19(29-16)21(28)23-20-11-14(2)25-27(20)18-7-5-4-6-17(18)22/h4-11H,12H2,1-3H3,(H,23,28). The van der Waals surface area contributed by atoms with Crippen LogP contribution in [0, 0.1) is 26.6 Å². The number of anilines is 1. The second kappa shape index (κ2) is 7.38. The first-order valence-corrected chi connectivity index (χ1v) is 9.13. The summed E-state index contributed by atoms with van der Waals surface area (Å²) in [6.07, 6.45) is 0. The highest BCUT2D eigenvalue weighted by Gasteiger charge is 2.17. The molecular formula is C21H20FN5O2. The zero-order chi connectivity index (χ0) is 20.5. The topological polar surface area (TPSA) is 77.9 Å². The summed E-state index contributed by atoms with van der Waals surface area (Å²) in [6.45, 7) is 6.08. The molecule has 0 aliphatic carbocycles. The smallest absolute Gasteiger partial charge is 0.292 e. The number of para-hydroxylation sites is 1. The Labute approximate surface area is 166 Å². The largest absolute Gasteiger partial charge is 0.454 e. The van der Waals surface area contributed by atoms with Gasteiger partial charge in [0.05, 0.1) is 17.9 Å². The second-order valence-electron chi connectivity index (χ2n) is 6.84. The predicted octanol–water partition coefficient (Wildman–Crippen LogP) is 4.03. The molecule has 1 N–H and O–H groups in total. The number of nitrogens with zero attached hydrogens (tertiary/aromatic N) is 4. The van der Waals surface area contributed by atoms with E-state index in [1.807, 2.05) is 24.6 Å². The van der Waals surface area contributed by atoms with Crippen molar-refractivity contribution in [2.75, 3.05) is 5.32 Å². The van der Waals surface area contributed by atoms with E-state index < -0.39 is 11.7 Å². The first-order valence-electron chi connectivity index (χ1n) is 9.13. The highest BCUT2D eigenvalue weighted by Crippen LogP contribution is 2.21. The fourth-order valence-corrected chi connectivity index (χ4v) is 3.14. The van der Waals surface area contributed by atoms with Crippen LogP contribution in [-0.2, 0) is 6.54 Å². The van der Waals surface area contributed by atoms with Gasteiger partial charge in [0, 0.05) is 11.8 Å². The molecule has 0 saturated heterocycles. The summed E-state index contributed by atoms with van der Waals surface area (Å²) < 4.78 is 23.0. The van der Waals surface area contributed by atoms with Gasteiger partial charge in [0.2, 0.25) is 0 Å². The van der Waals surface area contributed by atoms with E-state index in [1.165, 1.54) is 10.7 Å². The summed E-state index contributed by atoms with van der Waals surface area (Å²) in [7, 11) is 0. The maximum Gasteiger partial charge on any atom is 0.292 e. The lowest BCUT2D eigenvalue weighted by Gasteiger charge is -2.08. The summed E-state index contributed by atoms with van der Waals surface area (Å²) in [6, 6.07) is 13.2. The Hall–Kier alpha value is -3.68. The molecule has 29 heavy (non-hydrogen) atoms. The molecule has 0 radical (unpaired) electrons. The summed E-state index contributed by atoms with van der Waals surface area (Å²) in [4.78, 5) is 12.7. The first kappa shape index (κ1) is 18.7. The minimum atomic E-state index is -0.442. The van der Waals surface area contributed by atoms with E-state index in [4.69, 9.17) is 4.42 Å². The Bertz CT molecular complexity index is 1190. The summed E-state index contributed by atoms with van der Waals surface area (Å²) in [5.41, 5.74) is 2.83. The monoisotopic (exact) mass is 393 g/mol. The Kier molecular flexibility index (Phi) is 4.75. The average molecular weight is 393 g/mol. The molecule has 0 spiro atoms. The SMILES string of the molecule is Cc1cc(C)n(Cc2ccc(C(=O)Nc3cc(C)nn3-c3ccccc3F)o2)n1. The lowest BCUT2D eigenvalue weighted by Crippen LogP contribution is -2.15. The van der Waals surface area contributed by atoms with E-state index in [1.54, 1.807) is 43.3 Å². The van der Waals surface area contributed by atoms with E-state index in [2.05, 4.69) is 15.5 Å². The van der Waals surface area contributed by atoms with Gasteiger partial charge in [0.1, 0.15) is 23.1 Å². The minimum absolute atomic E-state index is 0.153. The molecule has 0 aliphatic rings. The molecule has 4 aromatic rings. The average Bonchev–Trinajstić information content (AvgIpc) is 3.36. The Morgan fingerprint density at radius 1 is 1.07 bits per heavy atom. The minimum Gasteiger partial charge on any atom is -0.454 e. The van der Waals surface area contributed by atoms with Crippen molar-refractivity contribution in [3.8, 4) is 5.69 Å². The number of benzene rings is 1. The van der Waals surface area contributed by atoms with Crippen molar-refractivity contribution >= 4 is 11.7 Å². The van der Waals surface area contributed by atoms with Crippen LogP contribution in [0.3, 0.4) is 0 Å². The lowest BCUT2D eigenvalue weighted by molar-refractivity contribution is 0.0994. The number of nitrogens with one attached hydrogen (secondary N) is 1. The Morgan fingerprint density at radius 3 is 2.55 bits per heavy atom. The summed E-state index contributed by atoms with van der Waals surface area (Å²) in [5.74, 6) is 0.244. The molecule has 3 aromatic heterocycles. The van der Waals surface area contributed by atoms with Gasteiger partial charge in [-0.05, 0) is 51.1 Å². The van der Waals surface area contributed by atoms with E-state index in [0.29, 0.717) is 23.8 Å². The zero-order valence-electron chi connectivity index (χ0n) is 16.3. The molecule has 1 aromatic carbocycles. The molecule has 0 aliphatic heterocycles. The maximum absolute atomic E-state index is 14.2. The normalized spacial score (nSPS) is 11.0. The van der Waals surface area contributed by atoms with E-state index in [-0.39, 0.29) is 11.4 Å². The van der Waals surface area contributed by atoms with Gasteiger partial charge in [-0.1, -0.05) is 12.1 Å². The number of amides is 1. The van der Waals surface area contributed by atoms with E-state index >= 15 is 0 Å². The van der Waals surface area contributed by atoms with Gasteiger partial charge < -0.3 is 9.73 Å². The number of rotatable bonds is 5. The Balaban J connectivity index is 1.54. The number of aromatic nitrogens is 4. The van der Waals surface area contributed by atoms with E-state index in [0.717, 1.165) is 11.4 Å². The number of halogens is 1.